The lowest BCUT2D eigenvalue weighted by Gasteiger charge is -2.30. The minimum Gasteiger partial charge on any atom is -0.494 e. The molecule has 1 fully saturated rings. The van der Waals surface area contributed by atoms with E-state index in [4.69, 9.17) is 10.5 Å². The zero-order chi connectivity index (χ0) is 19.8. The number of alkyl halides is 1. The average molecular weight is 492 g/mol. The molecule has 0 spiro atoms. The van der Waals surface area contributed by atoms with Crippen LogP contribution in [0.2, 0.25) is 0 Å². The number of carbonyl (C=O) groups excluding carboxylic acids is 1. The van der Waals surface area contributed by atoms with Crippen molar-refractivity contribution in [1.82, 2.24) is 0 Å². The van der Waals surface area contributed by atoms with Gasteiger partial charge >= 0.3 is 0 Å². The molecule has 1 amide bonds. The predicted molar refractivity (Wildman–Crippen MR) is 103 cm³/mol. The number of para-hydroxylation sites is 1. The van der Waals surface area contributed by atoms with E-state index in [1.165, 1.54) is 18.2 Å². The number of ether oxygens (including phenoxy) is 1. The van der Waals surface area contributed by atoms with Crippen LogP contribution in [0.4, 0.5) is 14.5 Å². The second-order valence-electron chi connectivity index (χ2n) is 6.62. The molecule has 1 saturated carbocycles. The molecule has 6 nitrogen and oxygen atoms in total. The lowest BCUT2D eigenvalue weighted by atomic mass is 9.95. The van der Waals surface area contributed by atoms with Crippen LogP contribution in [0.3, 0.4) is 0 Å². The zero-order valence-corrected chi connectivity index (χ0v) is 16.3. The maximum absolute atomic E-state index is 15.4. The monoisotopic (exact) mass is 492 g/mol. The number of aliphatic hydroxyl groups excluding tert-OH is 2. The Morgan fingerprint density at radius 3 is 2.59 bits per heavy atom. The van der Waals surface area contributed by atoms with Gasteiger partial charge in [-0.15, -0.1) is 0 Å². The molecule has 0 radical (unpaired) electrons. The van der Waals surface area contributed by atoms with E-state index < -0.39 is 41.7 Å². The van der Waals surface area contributed by atoms with E-state index >= 15 is 4.39 Å². The highest BCUT2D eigenvalue weighted by Gasteiger charge is 2.38. The quantitative estimate of drug-likeness (QED) is 0.286. The summed E-state index contributed by atoms with van der Waals surface area (Å²) in [7, 11) is 0. The van der Waals surface area contributed by atoms with Gasteiger partial charge in [0.1, 0.15) is 23.6 Å². The van der Waals surface area contributed by atoms with Gasteiger partial charge in [0.05, 0.1) is 17.9 Å². The third-order valence-corrected chi connectivity index (χ3v) is 5.43. The minimum absolute atomic E-state index is 0.0231. The number of aliphatic hydroxyl groups is 2. The van der Waals surface area contributed by atoms with E-state index in [2.05, 4.69) is 5.32 Å². The molecule has 0 aromatic heterocycles. The molecule has 0 aliphatic heterocycles. The second-order valence-corrected chi connectivity index (χ2v) is 7.78. The van der Waals surface area contributed by atoms with Gasteiger partial charge in [-0.1, -0.05) is 12.1 Å². The van der Waals surface area contributed by atoms with Crippen LogP contribution in [-0.2, 0) is 9.53 Å². The Bertz CT molecular complexity index is 773. The molecular formula is C18H19F2IN2O4. The second kappa shape index (κ2) is 7.72. The van der Waals surface area contributed by atoms with Gasteiger partial charge in [0.15, 0.2) is 0 Å². The van der Waals surface area contributed by atoms with Gasteiger partial charge in [-0.05, 0) is 40.8 Å². The van der Waals surface area contributed by atoms with Crippen molar-refractivity contribution in [3.63, 3.8) is 0 Å². The van der Waals surface area contributed by atoms with Gasteiger partial charge in [-0.3, -0.25) is 4.79 Å². The Morgan fingerprint density at radius 2 is 2.00 bits per heavy atom. The topological polar surface area (TPSA) is 105 Å². The molecule has 0 bridgehead atoms. The number of halogens is 3. The summed E-state index contributed by atoms with van der Waals surface area (Å²) >= 11 is 1.88. The predicted octanol–water partition coefficient (Wildman–Crippen LogP) is 1.96. The number of hydrogen-bond donors (Lipinski definition) is 4. The maximum atomic E-state index is 15.4. The Balaban J connectivity index is 1.86. The standard InChI is InChI=1S/C18H19F2IN2O4/c19-11-2-1-3-12(21)16(11)23-18(20)5-4-10(17(22)26)15(8-18)27-9-6-13(24)14(25)7-9/h1-5,8-10,13-14,23-25H,6-7H2,(H2,22,26)/t9?,10?,13-,14+,18?. The van der Waals surface area contributed by atoms with Crippen molar-refractivity contribution in [1.29, 1.82) is 0 Å². The fourth-order valence-electron chi connectivity index (χ4n) is 3.14. The molecular weight excluding hydrogens is 473 g/mol. The van der Waals surface area contributed by atoms with Crippen LogP contribution in [0.1, 0.15) is 12.8 Å². The van der Waals surface area contributed by atoms with E-state index in [1.54, 1.807) is 6.07 Å². The number of rotatable bonds is 5. The highest BCUT2D eigenvalue weighted by Crippen LogP contribution is 2.35. The first-order valence-corrected chi connectivity index (χ1v) is 9.42. The minimum atomic E-state index is -2.31. The summed E-state index contributed by atoms with van der Waals surface area (Å²) in [5.74, 6) is -4.71. The molecule has 2 aliphatic carbocycles. The number of nitrogens with one attached hydrogen (secondary N) is 1. The van der Waals surface area contributed by atoms with Crippen molar-refractivity contribution < 1.29 is 28.5 Å². The molecule has 9 heteroatoms. The fraction of sp³-hybridized carbons (Fsp3) is 0.389. The molecule has 146 valence electrons. The van der Waals surface area contributed by atoms with E-state index in [1.807, 2.05) is 22.6 Å². The first-order chi connectivity index (χ1) is 12.7. The van der Waals surface area contributed by atoms with Gasteiger partial charge < -0.3 is 26.0 Å². The molecule has 5 atom stereocenters. The molecule has 1 aromatic rings. The smallest absolute Gasteiger partial charge is 0.232 e. The molecule has 0 saturated heterocycles. The summed E-state index contributed by atoms with van der Waals surface area (Å²) in [6, 6.07) is 4.33. The first-order valence-electron chi connectivity index (χ1n) is 8.34. The number of hydrogen-bond acceptors (Lipinski definition) is 5. The van der Waals surface area contributed by atoms with Gasteiger partial charge in [0.2, 0.25) is 11.7 Å². The third-order valence-electron chi connectivity index (χ3n) is 4.53. The van der Waals surface area contributed by atoms with Crippen molar-refractivity contribution >= 4 is 34.2 Å². The van der Waals surface area contributed by atoms with Crippen LogP contribution in [0.15, 0.2) is 42.2 Å². The van der Waals surface area contributed by atoms with Crippen LogP contribution in [-0.4, -0.2) is 40.2 Å². The Kier molecular flexibility index (Phi) is 5.73. The molecule has 0 heterocycles. The van der Waals surface area contributed by atoms with Crippen LogP contribution < -0.4 is 11.1 Å². The lowest BCUT2D eigenvalue weighted by Crippen LogP contribution is -2.37. The average Bonchev–Trinajstić information content (AvgIpc) is 2.88. The summed E-state index contributed by atoms with van der Waals surface area (Å²) in [5, 5.41) is 21.8. The Labute approximate surface area is 168 Å². The maximum Gasteiger partial charge on any atom is 0.232 e. The largest absolute Gasteiger partial charge is 0.494 e. The van der Waals surface area contributed by atoms with E-state index in [9.17, 15) is 19.4 Å². The van der Waals surface area contributed by atoms with Crippen molar-refractivity contribution in [3.05, 3.63) is 51.6 Å². The van der Waals surface area contributed by atoms with Crippen LogP contribution in [0, 0.1) is 15.3 Å². The van der Waals surface area contributed by atoms with Gasteiger partial charge in [-0.2, -0.15) is 0 Å². The van der Waals surface area contributed by atoms with Crippen LogP contribution in [0.25, 0.3) is 0 Å². The van der Waals surface area contributed by atoms with E-state index in [-0.39, 0.29) is 24.3 Å². The van der Waals surface area contributed by atoms with Crippen molar-refractivity contribution in [3.8, 4) is 0 Å². The highest BCUT2D eigenvalue weighted by molar-refractivity contribution is 14.1. The number of anilines is 1. The highest BCUT2D eigenvalue weighted by atomic mass is 127. The van der Waals surface area contributed by atoms with Crippen molar-refractivity contribution in [2.75, 3.05) is 5.32 Å². The molecule has 2 aliphatic rings. The van der Waals surface area contributed by atoms with E-state index in [0.717, 1.165) is 12.2 Å². The first kappa shape index (κ1) is 20.0. The SMILES string of the molecule is NC(=O)C1C=CC(F)(Nc2c(F)cccc2I)C=C1OC1C[C@@H](O)[C@@H](O)C1. The van der Waals surface area contributed by atoms with Crippen molar-refractivity contribution in [2.45, 2.75) is 36.9 Å². The van der Waals surface area contributed by atoms with E-state index in [0.29, 0.717) is 3.57 Å². The molecule has 3 rings (SSSR count). The van der Waals surface area contributed by atoms with Gasteiger partial charge in [0, 0.05) is 22.5 Å². The normalized spacial score (nSPS) is 32.9. The van der Waals surface area contributed by atoms with Gasteiger partial charge in [-0.25, -0.2) is 8.78 Å². The number of benzene rings is 1. The van der Waals surface area contributed by atoms with Crippen LogP contribution in [0.5, 0.6) is 0 Å². The summed E-state index contributed by atoms with van der Waals surface area (Å²) in [5.41, 5.74) is 5.34. The van der Waals surface area contributed by atoms with Crippen LogP contribution >= 0.6 is 22.6 Å². The summed E-state index contributed by atoms with van der Waals surface area (Å²) in [4.78, 5) is 11.7. The zero-order valence-electron chi connectivity index (χ0n) is 14.1. The molecule has 5 N–H and O–H groups in total. The lowest BCUT2D eigenvalue weighted by molar-refractivity contribution is -0.120. The third kappa shape index (κ3) is 4.41. The summed E-state index contributed by atoms with van der Waals surface area (Å²) in [6.07, 6.45) is 1.16. The number of nitrogens with two attached hydrogens (primary N) is 1. The summed E-state index contributed by atoms with van der Waals surface area (Å²) < 4.78 is 35.6. The molecule has 1 aromatic carbocycles. The van der Waals surface area contributed by atoms with Gasteiger partial charge in [0.25, 0.3) is 0 Å². The fourth-order valence-corrected chi connectivity index (χ4v) is 3.74. The number of amides is 1. The molecule has 3 unspecified atom stereocenters. The van der Waals surface area contributed by atoms with Crippen molar-refractivity contribution in [2.24, 2.45) is 11.7 Å². The Hall–Kier alpha value is -1.72. The summed E-state index contributed by atoms with van der Waals surface area (Å²) in [6.45, 7) is 0. The number of carbonyl (C=O) groups is 1. The molecule has 27 heavy (non-hydrogen) atoms. The Morgan fingerprint density at radius 1 is 1.33 bits per heavy atom. The number of primary amides is 1.